The Kier molecular flexibility index (Phi) is 6.85. The third kappa shape index (κ3) is 5.20. The molecule has 0 spiro atoms. The SMILES string of the molecule is Cc1ccc(C(=O)NCCC(C)N)cc1C.Cl. The van der Waals surface area contributed by atoms with Crippen molar-refractivity contribution in [2.75, 3.05) is 6.54 Å². The van der Waals surface area contributed by atoms with Crippen molar-refractivity contribution in [1.82, 2.24) is 5.32 Å². The summed E-state index contributed by atoms with van der Waals surface area (Å²) in [5.41, 5.74) is 8.67. The maximum absolute atomic E-state index is 11.7. The fraction of sp³-hybridized carbons (Fsp3) is 0.462. The highest BCUT2D eigenvalue weighted by atomic mass is 35.5. The molecule has 3 nitrogen and oxygen atoms in total. The molecule has 0 aromatic heterocycles. The van der Waals surface area contributed by atoms with Gasteiger partial charge in [-0.2, -0.15) is 0 Å². The molecule has 0 radical (unpaired) electrons. The van der Waals surface area contributed by atoms with Crippen LogP contribution in [0, 0.1) is 13.8 Å². The number of benzene rings is 1. The number of amides is 1. The number of carbonyl (C=O) groups is 1. The Morgan fingerprint density at radius 1 is 1.35 bits per heavy atom. The topological polar surface area (TPSA) is 55.1 Å². The molecule has 0 aliphatic rings. The number of nitrogens with two attached hydrogens (primary N) is 1. The van der Waals surface area contributed by atoms with E-state index in [9.17, 15) is 4.79 Å². The van der Waals surface area contributed by atoms with Crippen LogP contribution in [-0.4, -0.2) is 18.5 Å². The van der Waals surface area contributed by atoms with Crippen LogP contribution in [0.25, 0.3) is 0 Å². The van der Waals surface area contributed by atoms with Crippen molar-refractivity contribution in [2.45, 2.75) is 33.2 Å². The summed E-state index contributed by atoms with van der Waals surface area (Å²) in [5, 5.41) is 2.86. The fourth-order valence-corrected chi connectivity index (χ4v) is 1.40. The van der Waals surface area contributed by atoms with Gasteiger partial charge in [-0.1, -0.05) is 6.07 Å². The van der Waals surface area contributed by atoms with Crippen LogP contribution < -0.4 is 11.1 Å². The Morgan fingerprint density at radius 2 is 2.00 bits per heavy atom. The molecule has 1 rings (SSSR count). The van der Waals surface area contributed by atoms with Crippen LogP contribution in [-0.2, 0) is 0 Å². The molecule has 96 valence electrons. The minimum Gasteiger partial charge on any atom is -0.352 e. The third-order valence-corrected chi connectivity index (χ3v) is 2.65. The summed E-state index contributed by atoms with van der Waals surface area (Å²) in [6.45, 7) is 6.60. The lowest BCUT2D eigenvalue weighted by Crippen LogP contribution is -2.28. The molecule has 1 atom stereocenters. The van der Waals surface area contributed by atoms with E-state index in [0.29, 0.717) is 12.1 Å². The Labute approximate surface area is 109 Å². The minimum absolute atomic E-state index is 0. The van der Waals surface area contributed by atoms with Gasteiger partial charge in [0, 0.05) is 18.2 Å². The zero-order chi connectivity index (χ0) is 12.1. The average Bonchev–Trinajstić information content (AvgIpc) is 2.21. The van der Waals surface area contributed by atoms with Crippen molar-refractivity contribution in [1.29, 1.82) is 0 Å². The summed E-state index contributed by atoms with van der Waals surface area (Å²) in [5.74, 6) is -0.0243. The third-order valence-electron chi connectivity index (χ3n) is 2.65. The Hall–Kier alpha value is -1.06. The predicted molar refractivity (Wildman–Crippen MR) is 73.8 cm³/mol. The molecule has 1 unspecified atom stereocenters. The van der Waals surface area contributed by atoms with E-state index < -0.39 is 0 Å². The predicted octanol–water partition coefficient (Wildman–Crippen LogP) is 2.19. The van der Waals surface area contributed by atoms with E-state index in [1.165, 1.54) is 5.56 Å². The highest BCUT2D eigenvalue weighted by Gasteiger charge is 2.06. The fourth-order valence-electron chi connectivity index (χ4n) is 1.40. The average molecular weight is 257 g/mol. The summed E-state index contributed by atoms with van der Waals surface area (Å²) in [7, 11) is 0. The Bertz CT molecular complexity index is 378. The molecule has 0 bridgehead atoms. The second-order valence-corrected chi connectivity index (χ2v) is 4.32. The molecule has 0 saturated carbocycles. The summed E-state index contributed by atoms with van der Waals surface area (Å²) >= 11 is 0. The standard InChI is InChI=1S/C13H20N2O.ClH/c1-9-4-5-12(8-10(9)2)13(16)15-7-6-11(3)14;/h4-5,8,11H,6-7,14H2,1-3H3,(H,15,16);1H. The van der Waals surface area contributed by atoms with E-state index in [4.69, 9.17) is 5.73 Å². The van der Waals surface area contributed by atoms with Gasteiger partial charge in [-0.25, -0.2) is 0 Å². The second kappa shape index (κ2) is 7.30. The first-order chi connectivity index (χ1) is 7.50. The lowest BCUT2D eigenvalue weighted by atomic mass is 10.1. The first-order valence-electron chi connectivity index (χ1n) is 5.61. The summed E-state index contributed by atoms with van der Waals surface area (Å²) in [6, 6.07) is 5.86. The molecule has 0 heterocycles. The van der Waals surface area contributed by atoms with Crippen LogP contribution >= 0.6 is 12.4 Å². The number of nitrogens with one attached hydrogen (secondary N) is 1. The molecule has 0 fully saturated rings. The molecule has 1 aromatic carbocycles. The maximum atomic E-state index is 11.7. The van der Waals surface area contributed by atoms with Gasteiger partial charge in [0.25, 0.3) is 5.91 Å². The maximum Gasteiger partial charge on any atom is 0.251 e. The van der Waals surface area contributed by atoms with Crippen molar-refractivity contribution < 1.29 is 4.79 Å². The first kappa shape index (κ1) is 15.9. The lowest BCUT2D eigenvalue weighted by molar-refractivity contribution is 0.0952. The smallest absolute Gasteiger partial charge is 0.251 e. The van der Waals surface area contributed by atoms with E-state index in [0.717, 1.165) is 12.0 Å². The summed E-state index contributed by atoms with van der Waals surface area (Å²) in [6.07, 6.45) is 0.802. The van der Waals surface area contributed by atoms with Gasteiger partial charge in [-0.15, -0.1) is 12.4 Å². The van der Waals surface area contributed by atoms with E-state index in [-0.39, 0.29) is 24.4 Å². The minimum atomic E-state index is -0.0243. The number of aryl methyl sites for hydroxylation is 2. The zero-order valence-electron chi connectivity index (χ0n) is 10.6. The van der Waals surface area contributed by atoms with Gasteiger partial charge in [0.15, 0.2) is 0 Å². The van der Waals surface area contributed by atoms with Crippen LogP contribution in [0.1, 0.15) is 34.8 Å². The normalized spacial score (nSPS) is 11.5. The monoisotopic (exact) mass is 256 g/mol. The molecule has 0 aliphatic carbocycles. The van der Waals surface area contributed by atoms with Gasteiger partial charge >= 0.3 is 0 Å². The second-order valence-electron chi connectivity index (χ2n) is 4.32. The van der Waals surface area contributed by atoms with Crippen LogP contribution in [0.3, 0.4) is 0 Å². The van der Waals surface area contributed by atoms with Crippen LogP contribution in [0.15, 0.2) is 18.2 Å². The van der Waals surface area contributed by atoms with Crippen molar-refractivity contribution in [3.8, 4) is 0 Å². The molecule has 0 saturated heterocycles. The molecular formula is C13H21ClN2O. The number of halogens is 1. The van der Waals surface area contributed by atoms with Gasteiger partial charge in [-0.3, -0.25) is 4.79 Å². The van der Waals surface area contributed by atoms with Crippen molar-refractivity contribution in [3.63, 3.8) is 0 Å². The first-order valence-corrected chi connectivity index (χ1v) is 5.61. The van der Waals surface area contributed by atoms with Gasteiger partial charge in [0.1, 0.15) is 0 Å². The van der Waals surface area contributed by atoms with Gasteiger partial charge in [-0.05, 0) is 50.5 Å². The van der Waals surface area contributed by atoms with Crippen LogP contribution in [0.4, 0.5) is 0 Å². The number of hydrogen-bond acceptors (Lipinski definition) is 2. The number of hydrogen-bond donors (Lipinski definition) is 2. The quantitative estimate of drug-likeness (QED) is 0.868. The van der Waals surface area contributed by atoms with E-state index in [2.05, 4.69) is 5.32 Å². The highest BCUT2D eigenvalue weighted by Crippen LogP contribution is 2.09. The van der Waals surface area contributed by atoms with Gasteiger partial charge in [0.2, 0.25) is 0 Å². The molecule has 4 heteroatoms. The molecule has 17 heavy (non-hydrogen) atoms. The largest absolute Gasteiger partial charge is 0.352 e. The van der Waals surface area contributed by atoms with Gasteiger partial charge < -0.3 is 11.1 Å². The Morgan fingerprint density at radius 3 is 2.53 bits per heavy atom. The van der Waals surface area contributed by atoms with Crippen LogP contribution in [0.2, 0.25) is 0 Å². The van der Waals surface area contributed by atoms with Crippen molar-refractivity contribution in [3.05, 3.63) is 34.9 Å². The highest BCUT2D eigenvalue weighted by molar-refractivity contribution is 5.94. The van der Waals surface area contributed by atoms with Gasteiger partial charge in [0.05, 0.1) is 0 Å². The summed E-state index contributed by atoms with van der Waals surface area (Å²) in [4.78, 5) is 11.7. The molecule has 3 N–H and O–H groups in total. The van der Waals surface area contributed by atoms with E-state index in [1.807, 2.05) is 39.0 Å². The zero-order valence-corrected chi connectivity index (χ0v) is 11.4. The number of carbonyl (C=O) groups excluding carboxylic acids is 1. The molecule has 1 amide bonds. The van der Waals surface area contributed by atoms with Crippen molar-refractivity contribution in [2.24, 2.45) is 5.73 Å². The molecule has 0 aliphatic heterocycles. The Balaban J connectivity index is 0.00000256. The number of rotatable bonds is 4. The van der Waals surface area contributed by atoms with E-state index >= 15 is 0 Å². The van der Waals surface area contributed by atoms with E-state index in [1.54, 1.807) is 0 Å². The molecular weight excluding hydrogens is 236 g/mol. The lowest BCUT2D eigenvalue weighted by Gasteiger charge is -2.08. The van der Waals surface area contributed by atoms with Crippen LogP contribution in [0.5, 0.6) is 0 Å². The molecule has 1 aromatic rings. The summed E-state index contributed by atoms with van der Waals surface area (Å²) < 4.78 is 0. The van der Waals surface area contributed by atoms with Crippen molar-refractivity contribution >= 4 is 18.3 Å².